The topological polar surface area (TPSA) is 76.3 Å². The summed E-state index contributed by atoms with van der Waals surface area (Å²) in [6.07, 6.45) is 2.79. The van der Waals surface area contributed by atoms with E-state index in [1.54, 1.807) is 48.7 Å². The number of aromatic nitrogens is 2. The first-order valence-corrected chi connectivity index (χ1v) is 10.2. The Hall–Kier alpha value is -3.91. The molecule has 6 nitrogen and oxygen atoms in total. The number of thiazole rings is 1. The van der Waals surface area contributed by atoms with Crippen molar-refractivity contribution in [2.24, 2.45) is 0 Å². The molecular weight excluding hydrogens is 417 g/mol. The number of carbonyl (C=O) groups excluding carboxylic acids is 1. The molecule has 0 atom stereocenters. The first kappa shape index (κ1) is 19.1. The first-order chi connectivity index (χ1) is 15.1. The van der Waals surface area contributed by atoms with Crippen LogP contribution in [0.1, 0.15) is 16.1 Å². The number of anilines is 1. The number of rotatable bonds is 4. The van der Waals surface area contributed by atoms with Gasteiger partial charge in [-0.1, -0.05) is 29.5 Å². The monoisotopic (exact) mass is 431 g/mol. The largest absolute Gasteiger partial charge is 0.463 e. The fourth-order valence-electron chi connectivity index (χ4n) is 3.25. The van der Waals surface area contributed by atoms with Crippen LogP contribution >= 0.6 is 11.3 Å². The van der Waals surface area contributed by atoms with Gasteiger partial charge in [0.2, 0.25) is 5.43 Å². The lowest BCUT2D eigenvalue weighted by atomic mass is 10.1. The van der Waals surface area contributed by atoms with E-state index in [0.717, 1.165) is 11.3 Å². The van der Waals surface area contributed by atoms with Crippen molar-refractivity contribution in [3.8, 4) is 0 Å². The van der Waals surface area contributed by atoms with E-state index in [1.807, 2.05) is 6.07 Å². The number of amides is 1. The Balaban J connectivity index is 1.63. The van der Waals surface area contributed by atoms with E-state index in [0.29, 0.717) is 32.0 Å². The normalized spacial score (nSPS) is 11.1. The maximum atomic E-state index is 13.7. The number of benzene rings is 2. The standard InChI is InChI=1S/C23H14FN3O3S/c24-14-8-9-18-20(11-14)31-23(26-18)27(12-15-5-3-4-10-25-15)22(29)17-13-30-19-7-2-1-6-16(19)21(17)28/h1-11,13H,12H2. The zero-order valence-corrected chi connectivity index (χ0v) is 16.8. The average Bonchev–Trinajstić information content (AvgIpc) is 3.21. The first-order valence-electron chi connectivity index (χ1n) is 9.38. The minimum atomic E-state index is -0.565. The van der Waals surface area contributed by atoms with Gasteiger partial charge in [-0.15, -0.1) is 0 Å². The Bertz CT molecular complexity index is 1480. The van der Waals surface area contributed by atoms with E-state index in [2.05, 4.69) is 9.97 Å². The van der Waals surface area contributed by atoms with Crippen LogP contribution in [0.15, 0.2) is 82.3 Å². The van der Waals surface area contributed by atoms with Gasteiger partial charge in [0, 0.05) is 6.20 Å². The minimum absolute atomic E-state index is 0.0915. The zero-order valence-electron chi connectivity index (χ0n) is 16.0. The minimum Gasteiger partial charge on any atom is -0.463 e. The highest BCUT2D eigenvalue weighted by molar-refractivity contribution is 7.22. The van der Waals surface area contributed by atoms with Crippen LogP contribution in [0.5, 0.6) is 0 Å². The molecule has 5 aromatic rings. The lowest BCUT2D eigenvalue weighted by Gasteiger charge is -2.19. The lowest BCUT2D eigenvalue weighted by Crippen LogP contribution is -2.34. The number of hydrogen-bond donors (Lipinski definition) is 0. The number of fused-ring (bicyclic) bond motifs is 2. The molecule has 0 aliphatic carbocycles. The highest BCUT2D eigenvalue weighted by atomic mass is 32.1. The molecule has 0 spiro atoms. The van der Waals surface area contributed by atoms with E-state index in [-0.39, 0.29) is 17.9 Å². The molecule has 0 aliphatic rings. The fourth-order valence-corrected chi connectivity index (χ4v) is 4.24. The smallest absolute Gasteiger partial charge is 0.267 e. The quantitative estimate of drug-likeness (QED) is 0.409. The second-order valence-corrected chi connectivity index (χ2v) is 7.80. The highest BCUT2D eigenvalue weighted by Gasteiger charge is 2.25. The number of hydrogen-bond acceptors (Lipinski definition) is 6. The molecule has 0 saturated heterocycles. The van der Waals surface area contributed by atoms with Crippen LogP contribution in [0, 0.1) is 5.82 Å². The third-order valence-corrected chi connectivity index (χ3v) is 5.81. The van der Waals surface area contributed by atoms with Crippen molar-refractivity contribution in [3.63, 3.8) is 0 Å². The summed E-state index contributed by atoms with van der Waals surface area (Å²) >= 11 is 1.16. The van der Waals surface area contributed by atoms with Crippen LogP contribution in [0.25, 0.3) is 21.2 Å². The van der Waals surface area contributed by atoms with Gasteiger partial charge in [0.05, 0.1) is 27.8 Å². The Morgan fingerprint density at radius 3 is 2.77 bits per heavy atom. The summed E-state index contributed by atoms with van der Waals surface area (Å²) < 4.78 is 19.8. The van der Waals surface area contributed by atoms with E-state index in [1.165, 1.54) is 23.3 Å². The maximum absolute atomic E-state index is 13.7. The van der Waals surface area contributed by atoms with Crippen molar-refractivity contribution in [3.05, 3.63) is 100 Å². The van der Waals surface area contributed by atoms with Crippen molar-refractivity contribution in [1.29, 1.82) is 0 Å². The third-order valence-electron chi connectivity index (χ3n) is 4.77. The highest BCUT2D eigenvalue weighted by Crippen LogP contribution is 2.31. The zero-order chi connectivity index (χ0) is 21.4. The van der Waals surface area contributed by atoms with Crippen molar-refractivity contribution < 1.29 is 13.6 Å². The Morgan fingerprint density at radius 1 is 1.10 bits per heavy atom. The second-order valence-electron chi connectivity index (χ2n) is 6.80. The fraction of sp³-hybridized carbons (Fsp3) is 0.0435. The lowest BCUT2D eigenvalue weighted by molar-refractivity contribution is 0.0982. The van der Waals surface area contributed by atoms with Gasteiger partial charge in [-0.05, 0) is 42.5 Å². The molecule has 0 fully saturated rings. The summed E-state index contributed by atoms with van der Waals surface area (Å²) in [4.78, 5) is 36.6. The second kappa shape index (κ2) is 7.73. The molecule has 31 heavy (non-hydrogen) atoms. The van der Waals surface area contributed by atoms with Gasteiger partial charge in [-0.2, -0.15) is 0 Å². The van der Waals surface area contributed by atoms with E-state index < -0.39 is 11.3 Å². The molecule has 152 valence electrons. The Kier molecular flexibility index (Phi) is 4.76. The van der Waals surface area contributed by atoms with Crippen LogP contribution in [-0.4, -0.2) is 15.9 Å². The summed E-state index contributed by atoms with van der Waals surface area (Å²) in [5.41, 5.74) is 1.04. The molecule has 0 aliphatic heterocycles. The number of nitrogens with zero attached hydrogens (tertiary/aromatic N) is 3. The van der Waals surface area contributed by atoms with Gasteiger partial charge in [0.15, 0.2) is 5.13 Å². The van der Waals surface area contributed by atoms with Crippen LogP contribution in [-0.2, 0) is 6.54 Å². The van der Waals surface area contributed by atoms with Crippen LogP contribution < -0.4 is 10.3 Å². The van der Waals surface area contributed by atoms with Gasteiger partial charge in [-0.3, -0.25) is 19.5 Å². The number of halogens is 1. The SMILES string of the molecule is O=C(c1coc2ccccc2c1=O)N(Cc1ccccn1)c1nc2ccc(F)cc2s1. The van der Waals surface area contributed by atoms with Crippen LogP contribution in [0.3, 0.4) is 0 Å². The third kappa shape index (κ3) is 3.57. The summed E-state index contributed by atoms with van der Waals surface area (Å²) in [6, 6.07) is 16.3. The van der Waals surface area contributed by atoms with Gasteiger partial charge in [0.1, 0.15) is 23.2 Å². The molecular formula is C23H14FN3O3S. The van der Waals surface area contributed by atoms with E-state index in [4.69, 9.17) is 4.42 Å². The van der Waals surface area contributed by atoms with Crippen LogP contribution in [0.4, 0.5) is 9.52 Å². The summed E-state index contributed by atoms with van der Waals surface area (Å²) in [7, 11) is 0. The Morgan fingerprint density at radius 2 is 1.94 bits per heavy atom. The summed E-state index contributed by atoms with van der Waals surface area (Å²) in [5, 5.41) is 0.654. The summed E-state index contributed by atoms with van der Waals surface area (Å²) in [6.45, 7) is 0.0915. The molecule has 0 saturated carbocycles. The molecule has 3 heterocycles. The predicted molar refractivity (Wildman–Crippen MR) is 117 cm³/mol. The van der Waals surface area contributed by atoms with Gasteiger partial charge < -0.3 is 4.42 Å². The van der Waals surface area contributed by atoms with Gasteiger partial charge >= 0.3 is 0 Å². The molecule has 1 amide bonds. The molecule has 0 bridgehead atoms. The van der Waals surface area contributed by atoms with Crippen molar-refractivity contribution in [2.75, 3.05) is 4.90 Å². The van der Waals surface area contributed by atoms with Crippen molar-refractivity contribution in [1.82, 2.24) is 9.97 Å². The molecule has 0 radical (unpaired) electrons. The predicted octanol–water partition coefficient (Wildman–Crippen LogP) is 4.78. The van der Waals surface area contributed by atoms with Crippen molar-refractivity contribution in [2.45, 2.75) is 6.54 Å². The number of para-hydroxylation sites is 1. The van der Waals surface area contributed by atoms with E-state index in [9.17, 15) is 14.0 Å². The van der Waals surface area contributed by atoms with E-state index >= 15 is 0 Å². The van der Waals surface area contributed by atoms with Crippen molar-refractivity contribution >= 4 is 43.6 Å². The molecule has 5 rings (SSSR count). The van der Waals surface area contributed by atoms with Gasteiger partial charge in [-0.25, -0.2) is 9.37 Å². The molecule has 3 aromatic heterocycles. The van der Waals surface area contributed by atoms with Crippen LogP contribution in [0.2, 0.25) is 0 Å². The Labute approximate surface area is 179 Å². The maximum Gasteiger partial charge on any atom is 0.267 e. The van der Waals surface area contributed by atoms with Gasteiger partial charge in [0.25, 0.3) is 5.91 Å². The molecule has 0 N–H and O–H groups in total. The summed E-state index contributed by atoms with van der Waals surface area (Å²) in [5.74, 6) is -0.954. The molecule has 8 heteroatoms. The molecule has 2 aromatic carbocycles. The number of carbonyl (C=O) groups is 1. The number of pyridine rings is 1. The average molecular weight is 431 g/mol. The molecule has 0 unspecified atom stereocenters.